The highest BCUT2D eigenvalue weighted by molar-refractivity contribution is 5.67. The summed E-state index contributed by atoms with van der Waals surface area (Å²) in [4.78, 5) is 12.0. The third-order valence-corrected chi connectivity index (χ3v) is 4.97. The van der Waals surface area contributed by atoms with E-state index in [9.17, 15) is 4.79 Å². The lowest BCUT2D eigenvalue weighted by molar-refractivity contribution is 0.0751. The normalized spacial score (nSPS) is 16.2. The number of carbonyl (C=O) groups is 1. The van der Waals surface area contributed by atoms with E-state index in [2.05, 4.69) is 48.6 Å². The Morgan fingerprint density at radius 1 is 1.00 bits per heavy atom. The van der Waals surface area contributed by atoms with Gasteiger partial charge in [-0.05, 0) is 48.3 Å². The van der Waals surface area contributed by atoms with E-state index in [4.69, 9.17) is 4.74 Å². The fraction of sp³-hybridized carbons (Fsp3) is 0.409. The lowest BCUT2D eigenvalue weighted by Gasteiger charge is -2.22. The van der Waals surface area contributed by atoms with Crippen LogP contribution in [0.2, 0.25) is 0 Å². The number of alkyl carbamates (subject to hydrolysis) is 1. The number of rotatable bonds is 5. The van der Waals surface area contributed by atoms with Crippen LogP contribution >= 0.6 is 0 Å². The lowest BCUT2D eigenvalue weighted by atomic mass is 9.97. The van der Waals surface area contributed by atoms with Crippen molar-refractivity contribution in [3.05, 3.63) is 60.2 Å². The van der Waals surface area contributed by atoms with Gasteiger partial charge in [-0.25, -0.2) is 4.79 Å². The summed E-state index contributed by atoms with van der Waals surface area (Å²) < 4.78 is 5.50. The first-order chi connectivity index (χ1) is 12.2. The molecule has 3 rings (SSSR count). The number of ether oxygens (including phenoxy) is 1. The van der Waals surface area contributed by atoms with Gasteiger partial charge in [-0.1, -0.05) is 67.9 Å². The van der Waals surface area contributed by atoms with E-state index in [-0.39, 0.29) is 18.1 Å². The highest BCUT2D eigenvalue weighted by Gasteiger charge is 2.18. The van der Waals surface area contributed by atoms with Gasteiger partial charge in [0.1, 0.15) is 6.10 Å². The molecule has 1 aliphatic carbocycles. The summed E-state index contributed by atoms with van der Waals surface area (Å²) in [5.41, 5.74) is 3.65. The van der Waals surface area contributed by atoms with E-state index < -0.39 is 0 Å². The van der Waals surface area contributed by atoms with Gasteiger partial charge in [0.2, 0.25) is 0 Å². The SMILES string of the molecule is CC(CNC(=O)OC1CCCCC1)c1ccc(-c2ccccc2)cc1. The first-order valence-corrected chi connectivity index (χ1v) is 9.32. The van der Waals surface area contributed by atoms with Gasteiger partial charge in [0.05, 0.1) is 0 Å². The summed E-state index contributed by atoms with van der Waals surface area (Å²) >= 11 is 0. The molecule has 0 aromatic heterocycles. The van der Waals surface area contributed by atoms with E-state index in [0.29, 0.717) is 6.54 Å². The Morgan fingerprint density at radius 2 is 1.64 bits per heavy atom. The molecule has 1 N–H and O–H groups in total. The molecule has 132 valence electrons. The molecule has 1 aliphatic rings. The second-order valence-corrected chi connectivity index (χ2v) is 6.94. The zero-order valence-corrected chi connectivity index (χ0v) is 14.9. The zero-order chi connectivity index (χ0) is 17.5. The molecule has 0 spiro atoms. The van der Waals surface area contributed by atoms with Gasteiger partial charge < -0.3 is 10.1 Å². The average Bonchev–Trinajstić information content (AvgIpc) is 2.68. The molecule has 1 unspecified atom stereocenters. The average molecular weight is 337 g/mol. The third kappa shape index (κ3) is 5.09. The fourth-order valence-corrected chi connectivity index (χ4v) is 3.37. The Kier molecular flexibility index (Phi) is 6.10. The van der Waals surface area contributed by atoms with E-state index in [0.717, 1.165) is 12.8 Å². The van der Waals surface area contributed by atoms with Crippen LogP contribution in [0.1, 0.15) is 50.5 Å². The molecule has 1 atom stereocenters. The van der Waals surface area contributed by atoms with Gasteiger partial charge in [0.25, 0.3) is 0 Å². The summed E-state index contributed by atoms with van der Waals surface area (Å²) in [5, 5.41) is 2.91. The highest BCUT2D eigenvalue weighted by atomic mass is 16.6. The van der Waals surface area contributed by atoms with E-state index in [1.54, 1.807) is 0 Å². The number of hydrogen-bond donors (Lipinski definition) is 1. The van der Waals surface area contributed by atoms with Crippen LogP contribution in [-0.2, 0) is 4.74 Å². The Labute approximate surface area is 150 Å². The maximum absolute atomic E-state index is 12.0. The molecule has 25 heavy (non-hydrogen) atoms. The molecule has 0 aliphatic heterocycles. The second-order valence-electron chi connectivity index (χ2n) is 6.94. The van der Waals surface area contributed by atoms with Gasteiger partial charge in [-0.15, -0.1) is 0 Å². The number of carbonyl (C=O) groups excluding carboxylic acids is 1. The van der Waals surface area contributed by atoms with Crippen LogP contribution in [0.3, 0.4) is 0 Å². The molecule has 1 fully saturated rings. The standard InChI is InChI=1S/C22H27NO2/c1-17(16-23-22(24)25-21-10-6-3-7-11-21)18-12-14-20(15-13-18)19-8-4-2-5-9-19/h2,4-5,8-9,12-15,17,21H,3,6-7,10-11,16H2,1H3,(H,23,24). The minimum absolute atomic E-state index is 0.106. The Hall–Kier alpha value is -2.29. The van der Waals surface area contributed by atoms with Crippen molar-refractivity contribution in [3.8, 4) is 11.1 Å². The molecule has 0 bridgehead atoms. The van der Waals surface area contributed by atoms with Gasteiger partial charge in [-0.3, -0.25) is 0 Å². The highest BCUT2D eigenvalue weighted by Crippen LogP contribution is 2.23. The van der Waals surface area contributed by atoms with Gasteiger partial charge in [-0.2, -0.15) is 0 Å². The first kappa shape index (κ1) is 17.5. The Bertz CT molecular complexity index is 660. The predicted octanol–water partition coefficient (Wildman–Crippen LogP) is 5.52. The van der Waals surface area contributed by atoms with Crippen LogP contribution < -0.4 is 5.32 Å². The van der Waals surface area contributed by atoms with Crippen LogP contribution in [0.4, 0.5) is 4.79 Å². The van der Waals surface area contributed by atoms with E-state index >= 15 is 0 Å². The van der Waals surface area contributed by atoms with Crippen molar-refractivity contribution in [3.63, 3.8) is 0 Å². The number of benzene rings is 2. The Morgan fingerprint density at radius 3 is 2.32 bits per heavy atom. The zero-order valence-electron chi connectivity index (χ0n) is 14.9. The second kappa shape index (κ2) is 8.70. The summed E-state index contributed by atoms with van der Waals surface area (Å²) in [7, 11) is 0. The summed E-state index contributed by atoms with van der Waals surface area (Å²) in [6.07, 6.45) is 5.43. The van der Waals surface area contributed by atoms with Crippen molar-refractivity contribution in [1.29, 1.82) is 0 Å². The van der Waals surface area contributed by atoms with Crippen molar-refractivity contribution < 1.29 is 9.53 Å². The van der Waals surface area contributed by atoms with Crippen LogP contribution in [-0.4, -0.2) is 18.7 Å². The van der Waals surface area contributed by atoms with Crippen molar-refractivity contribution in [1.82, 2.24) is 5.32 Å². The molecule has 2 aromatic rings. The predicted molar refractivity (Wildman–Crippen MR) is 102 cm³/mol. The Balaban J connectivity index is 1.49. The first-order valence-electron chi connectivity index (χ1n) is 9.32. The third-order valence-electron chi connectivity index (χ3n) is 4.97. The van der Waals surface area contributed by atoms with Gasteiger partial charge in [0.15, 0.2) is 0 Å². The molecule has 3 heteroatoms. The summed E-state index contributed by atoms with van der Waals surface area (Å²) in [6.45, 7) is 2.72. The molecule has 3 nitrogen and oxygen atoms in total. The largest absolute Gasteiger partial charge is 0.446 e. The summed E-state index contributed by atoms with van der Waals surface area (Å²) in [6, 6.07) is 18.9. The quantitative estimate of drug-likeness (QED) is 0.780. The smallest absolute Gasteiger partial charge is 0.407 e. The van der Waals surface area contributed by atoms with Crippen molar-refractivity contribution in [2.75, 3.05) is 6.54 Å². The number of hydrogen-bond acceptors (Lipinski definition) is 2. The molecule has 1 saturated carbocycles. The molecule has 2 aromatic carbocycles. The van der Waals surface area contributed by atoms with Gasteiger partial charge in [0, 0.05) is 6.54 Å². The topological polar surface area (TPSA) is 38.3 Å². The minimum atomic E-state index is -0.278. The molecule has 0 heterocycles. The number of amides is 1. The maximum Gasteiger partial charge on any atom is 0.407 e. The maximum atomic E-state index is 12.0. The van der Waals surface area contributed by atoms with Crippen LogP contribution in [0.15, 0.2) is 54.6 Å². The summed E-state index contributed by atoms with van der Waals surface area (Å²) in [5.74, 6) is 0.253. The number of nitrogens with one attached hydrogen (secondary N) is 1. The van der Waals surface area contributed by atoms with Crippen LogP contribution in [0.5, 0.6) is 0 Å². The fourth-order valence-electron chi connectivity index (χ4n) is 3.37. The molecular weight excluding hydrogens is 310 g/mol. The minimum Gasteiger partial charge on any atom is -0.446 e. The van der Waals surface area contributed by atoms with Crippen molar-refractivity contribution >= 4 is 6.09 Å². The van der Waals surface area contributed by atoms with Crippen molar-refractivity contribution in [2.45, 2.75) is 51.0 Å². The lowest BCUT2D eigenvalue weighted by Crippen LogP contribution is -2.32. The van der Waals surface area contributed by atoms with E-state index in [1.807, 2.05) is 18.2 Å². The van der Waals surface area contributed by atoms with Crippen LogP contribution in [0, 0.1) is 0 Å². The molecule has 0 saturated heterocycles. The van der Waals surface area contributed by atoms with Gasteiger partial charge >= 0.3 is 6.09 Å². The molecular formula is C22H27NO2. The van der Waals surface area contributed by atoms with Crippen molar-refractivity contribution in [2.24, 2.45) is 0 Å². The van der Waals surface area contributed by atoms with Crippen LogP contribution in [0.25, 0.3) is 11.1 Å². The van der Waals surface area contributed by atoms with E-state index in [1.165, 1.54) is 36.0 Å². The molecule has 0 radical (unpaired) electrons. The molecule has 1 amide bonds. The monoisotopic (exact) mass is 337 g/mol.